The third-order valence-electron chi connectivity index (χ3n) is 3.52. The van der Waals surface area contributed by atoms with E-state index in [1.54, 1.807) is 0 Å². The van der Waals surface area contributed by atoms with Crippen molar-refractivity contribution in [2.24, 2.45) is 0 Å². The smallest absolute Gasteiger partial charge is 0.351 e. The van der Waals surface area contributed by atoms with Gasteiger partial charge in [0.05, 0.1) is 0 Å². The number of hydrogen-bond acceptors (Lipinski definition) is 4. The molecule has 7 nitrogen and oxygen atoms in total. The van der Waals surface area contributed by atoms with Gasteiger partial charge in [-0.3, -0.25) is 9.13 Å². The van der Waals surface area contributed by atoms with E-state index >= 15 is 0 Å². The van der Waals surface area contributed by atoms with Crippen LogP contribution in [0.15, 0.2) is 17.0 Å². The average molecular weight is 412 g/mol. The molecule has 0 aliphatic rings. The highest BCUT2D eigenvalue weighted by molar-refractivity contribution is 8.12. The van der Waals surface area contributed by atoms with E-state index < -0.39 is 30.8 Å². The van der Waals surface area contributed by atoms with Crippen LogP contribution in [0.2, 0.25) is 0 Å². The van der Waals surface area contributed by atoms with E-state index in [1.165, 1.54) is 12.1 Å². The Balaban J connectivity index is 3.61. The predicted octanol–water partition coefficient (Wildman–Crippen LogP) is 3.72. The number of aromatic hydroxyl groups is 1. The summed E-state index contributed by atoms with van der Waals surface area (Å²) in [7, 11) is -10.1. The lowest BCUT2D eigenvalue weighted by Crippen LogP contribution is -2.17. The summed E-state index contributed by atoms with van der Waals surface area (Å²) in [5.74, 6) is 0.0771. The minimum atomic E-state index is -5.05. The van der Waals surface area contributed by atoms with E-state index in [0.29, 0.717) is 22.9 Å². The molecule has 0 fully saturated rings. The average Bonchev–Trinajstić information content (AvgIpc) is 2.31. The molecule has 144 valence electrons. The molecule has 0 radical (unpaired) electrons. The Hall–Kier alpha value is -0.330. The quantitative estimate of drug-likeness (QED) is 0.373. The molecule has 0 unspecified atom stereocenters. The fourth-order valence-electron chi connectivity index (χ4n) is 2.27. The second-order valence-corrected chi connectivity index (χ2v) is 13.7. The first-order valence-corrected chi connectivity index (χ1v) is 11.7. The van der Waals surface area contributed by atoms with Crippen molar-refractivity contribution in [1.29, 1.82) is 0 Å². The van der Waals surface area contributed by atoms with Gasteiger partial charge in [-0.15, -0.1) is 0 Å². The molecule has 1 rings (SSSR count). The summed E-state index contributed by atoms with van der Waals surface area (Å²) >= 11 is 0.435. The summed E-state index contributed by atoms with van der Waals surface area (Å²) in [4.78, 5) is 37.6. The minimum Gasteiger partial charge on any atom is -0.507 e. The van der Waals surface area contributed by atoms with Gasteiger partial charge < -0.3 is 24.7 Å². The molecule has 0 bridgehead atoms. The third kappa shape index (κ3) is 5.83. The van der Waals surface area contributed by atoms with E-state index in [1.807, 2.05) is 41.5 Å². The van der Waals surface area contributed by atoms with E-state index in [4.69, 9.17) is 0 Å². The summed E-state index contributed by atoms with van der Waals surface area (Å²) in [6.45, 7) is 11.2. The molecule has 0 aliphatic heterocycles. The lowest BCUT2D eigenvalue weighted by Gasteiger charge is -2.29. The summed E-state index contributed by atoms with van der Waals surface area (Å²) in [5, 5.41) is 10.6. The lowest BCUT2D eigenvalue weighted by atomic mass is 9.79. The van der Waals surface area contributed by atoms with Crippen LogP contribution >= 0.6 is 27.0 Å². The minimum absolute atomic E-state index is 0.0771. The second-order valence-electron chi connectivity index (χ2n) is 7.99. The zero-order chi connectivity index (χ0) is 20.0. The number of phenols is 1. The molecular weight excluding hydrogens is 386 g/mol. The zero-order valence-corrected chi connectivity index (χ0v) is 17.7. The van der Waals surface area contributed by atoms with Crippen LogP contribution in [-0.4, -0.2) is 29.4 Å². The summed E-state index contributed by atoms with van der Waals surface area (Å²) < 4.78 is 20.9. The molecule has 1 aromatic carbocycles. The van der Waals surface area contributed by atoms with Crippen LogP contribution in [-0.2, 0) is 20.0 Å². The van der Waals surface area contributed by atoms with Gasteiger partial charge in [0, 0.05) is 16.0 Å². The van der Waals surface area contributed by atoms with Gasteiger partial charge in [-0.25, -0.2) is 0 Å². The van der Waals surface area contributed by atoms with Gasteiger partial charge in [0.1, 0.15) is 5.75 Å². The number of thioether (sulfide) groups is 1. The maximum Gasteiger partial charge on any atom is 0.351 e. The molecule has 25 heavy (non-hydrogen) atoms. The molecular formula is C15H26O7P2S. The largest absolute Gasteiger partial charge is 0.507 e. The van der Waals surface area contributed by atoms with Gasteiger partial charge in [-0.1, -0.05) is 53.3 Å². The predicted molar refractivity (Wildman–Crippen MR) is 99.2 cm³/mol. The molecule has 0 saturated heterocycles. The second kappa shape index (κ2) is 7.01. The number of rotatable bonds is 4. The zero-order valence-electron chi connectivity index (χ0n) is 15.1. The lowest BCUT2D eigenvalue weighted by molar-refractivity contribution is 0.352. The molecule has 0 amide bonds. The van der Waals surface area contributed by atoms with Crippen LogP contribution in [0.25, 0.3) is 0 Å². The first-order valence-electron chi connectivity index (χ1n) is 7.50. The number of phenolic OH excluding ortho intramolecular Hbond substituents is 1. The van der Waals surface area contributed by atoms with Gasteiger partial charge >= 0.3 is 15.2 Å². The van der Waals surface area contributed by atoms with Gasteiger partial charge in [0.15, 0.2) is 0 Å². The van der Waals surface area contributed by atoms with Gasteiger partial charge in [0.25, 0.3) is 0 Å². The Bertz CT molecular complexity index is 680. The number of hydrogen-bond donors (Lipinski definition) is 5. The molecule has 5 N–H and O–H groups in total. The molecule has 10 heteroatoms. The molecule has 0 aromatic heterocycles. The molecule has 0 atom stereocenters. The van der Waals surface area contributed by atoms with E-state index in [2.05, 4.69) is 0 Å². The molecule has 0 heterocycles. The van der Waals surface area contributed by atoms with Crippen molar-refractivity contribution in [2.75, 3.05) is 0 Å². The number of benzene rings is 1. The van der Waals surface area contributed by atoms with E-state index in [0.717, 1.165) is 0 Å². The third-order valence-corrected chi connectivity index (χ3v) is 9.47. The van der Waals surface area contributed by atoms with Crippen LogP contribution in [0.1, 0.15) is 52.7 Å². The van der Waals surface area contributed by atoms with Gasteiger partial charge in [-0.05, 0) is 23.0 Å². The van der Waals surface area contributed by atoms with Crippen molar-refractivity contribution in [3.05, 3.63) is 23.3 Å². The Morgan fingerprint density at radius 1 is 0.840 bits per heavy atom. The van der Waals surface area contributed by atoms with E-state index in [-0.39, 0.29) is 10.6 Å². The van der Waals surface area contributed by atoms with E-state index in [9.17, 15) is 33.8 Å². The summed E-state index contributed by atoms with van der Waals surface area (Å²) in [5.41, 5.74) is 0.135. The molecule has 0 saturated carbocycles. The van der Waals surface area contributed by atoms with Gasteiger partial charge in [0.2, 0.25) is 4.73 Å². The van der Waals surface area contributed by atoms with Crippen molar-refractivity contribution in [1.82, 2.24) is 0 Å². The Labute approximate surface area is 152 Å². The van der Waals surface area contributed by atoms with Crippen LogP contribution in [0.3, 0.4) is 0 Å². The van der Waals surface area contributed by atoms with Crippen LogP contribution in [0.5, 0.6) is 5.75 Å². The standard InChI is InChI=1S/C15H26O7P2S/c1-14(2,3)10-7-9(8-11(12(10)16)15(4,5)6)25-13(23(17,18)19)24(20,21)22/h7-8,13,16H,1-6H3,(H2,17,18,19)(H2,20,21,22). The normalized spacial score (nSPS) is 14.2. The summed E-state index contributed by atoms with van der Waals surface area (Å²) in [6, 6.07) is 3.04. The first-order chi connectivity index (χ1) is 10.8. The molecule has 0 aliphatic carbocycles. The Morgan fingerprint density at radius 2 is 1.16 bits per heavy atom. The fraction of sp³-hybridized carbons (Fsp3) is 0.600. The first kappa shape index (κ1) is 22.7. The SMILES string of the molecule is CC(C)(C)c1cc(SC(P(=O)(O)O)P(=O)(O)O)cc(C(C)(C)C)c1O. The van der Waals surface area contributed by atoms with Crippen molar-refractivity contribution in [3.8, 4) is 5.75 Å². The highest BCUT2D eigenvalue weighted by Gasteiger charge is 2.44. The van der Waals surface area contributed by atoms with Crippen LogP contribution in [0, 0.1) is 0 Å². The monoisotopic (exact) mass is 412 g/mol. The molecule has 1 aromatic rings. The highest BCUT2D eigenvalue weighted by Crippen LogP contribution is 2.66. The topological polar surface area (TPSA) is 135 Å². The van der Waals surface area contributed by atoms with Crippen molar-refractivity contribution >= 4 is 27.0 Å². The maximum absolute atomic E-state index is 11.5. The fourth-order valence-corrected chi connectivity index (χ4v) is 6.29. The van der Waals surface area contributed by atoms with Crippen molar-refractivity contribution in [3.63, 3.8) is 0 Å². The Morgan fingerprint density at radius 3 is 1.40 bits per heavy atom. The Kier molecular flexibility index (Phi) is 6.36. The van der Waals surface area contributed by atoms with Crippen molar-refractivity contribution < 1.29 is 33.8 Å². The summed E-state index contributed by atoms with van der Waals surface area (Å²) in [6.07, 6.45) is 0. The molecule has 0 spiro atoms. The van der Waals surface area contributed by atoms with Crippen molar-refractivity contribution in [2.45, 2.75) is 62.0 Å². The van der Waals surface area contributed by atoms with Crippen LogP contribution in [0.4, 0.5) is 0 Å². The highest BCUT2D eigenvalue weighted by atomic mass is 32.2. The van der Waals surface area contributed by atoms with Gasteiger partial charge in [-0.2, -0.15) is 0 Å². The maximum atomic E-state index is 11.5. The van der Waals surface area contributed by atoms with Crippen LogP contribution < -0.4 is 0 Å².